The van der Waals surface area contributed by atoms with Gasteiger partial charge in [0.25, 0.3) is 5.56 Å². The molecule has 3 rings (SSSR count). The number of nitrogens with zero attached hydrogens (tertiary/aromatic N) is 2. The van der Waals surface area contributed by atoms with Gasteiger partial charge in [-0.05, 0) is 35.4 Å². The molecule has 2 aromatic carbocycles. The van der Waals surface area contributed by atoms with Crippen LogP contribution in [0, 0.1) is 0 Å². The number of halogens is 3. The Morgan fingerprint density at radius 1 is 0.963 bits per heavy atom. The highest BCUT2D eigenvalue weighted by Gasteiger charge is 2.29. The highest BCUT2D eigenvalue weighted by molar-refractivity contribution is 5.65. The second kappa shape index (κ2) is 6.67. The predicted octanol–water partition coefficient (Wildman–Crippen LogP) is 3.26. The lowest BCUT2D eigenvalue weighted by atomic mass is 10.0. The topological polar surface area (TPSA) is 73.5 Å². The molecule has 0 atom stereocenters. The first-order chi connectivity index (χ1) is 12.7. The lowest BCUT2D eigenvalue weighted by Gasteiger charge is -2.12. The van der Waals surface area contributed by atoms with Gasteiger partial charge in [0.2, 0.25) is 5.88 Å². The van der Waals surface area contributed by atoms with E-state index in [0.717, 1.165) is 22.8 Å². The van der Waals surface area contributed by atoms with Crippen molar-refractivity contribution in [3.8, 4) is 22.8 Å². The molecule has 0 unspecified atom stereocenters. The van der Waals surface area contributed by atoms with Crippen LogP contribution in [0.3, 0.4) is 0 Å². The van der Waals surface area contributed by atoms with Crippen molar-refractivity contribution in [1.29, 1.82) is 0 Å². The van der Waals surface area contributed by atoms with E-state index in [2.05, 4.69) is 0 Å². The van der Waals surface area contributed by atoms with Crippen LogP contribution in [0.15, 0.2) is 64.2 Å². The Kier molecular flexibility index (Phi) is 4.52. The zero-order valence-corrected chi connectivity index (χ0v) is 13.9. The van der Waals surface area contributed by atoms with Gasteiger partial charge < -0.3 is 9.94 Å². The monoisotopic (exact) mass is 378 g/mol. The minimum Gasteiger partial charge on any atom is -0.440 e. The molecular weight excluding hydrogens is 365 g/mol. The van der Waals surface area contributed by atoms with Gasteiger partial charge in [-0.2, -0.15) is 13.2 Å². The molecule has 0 bridgehead atoms. The molecule has 0 aliphatic carbocycles. The van der Waals surface area contributed by atoms with Crippen LogP contribution in [-0.4, -0.2) is 14.5 Å². The van der Waals surface area contributed by atoms with Gasteiger partial charge in [0.05, 0.1) is 11.6 Å². The van der Waals surface area contributed by atoms with E-state index in [4.69, 9.17) is 4.74 Å². The van der Waals surface area contributed by atoms with Gasteiger partial charge in [0.15, 0.2) is 0 Å². The molecule has 140 valence electrons. The van der Waals surface area contributed by atoms with Crippen LogP contribution in [0.1, 0.15) is 5.56 Å². The molecule has 9 heteroatoms. The fourth-order valence-electron chi connectivity index (χ4n) is 2.40. The second-order valence-electron chi connectivity index (χ2n) is 5.68. The van der Waals surface area contributed by atoms with Crippen molar-refractivity contribution in [3.05, 3.63) is 81.0 Å². The van der Waals surface area contributed by atoms with Crippen LogP contribution in [0.2, 0.25) is 0 Å². The summed E-state index contributed by atoms with van der Waals surface area (Å²) in [6.07, 6.45) is -4.42. The van der Waals surface area contributed by atoms with E-state index in [-0.39, 0.29) is 16.4 Å². The number of ether oxygens (including phenoxy) is 1. The number of hydrogen-bond acceptors (Lipinski definition) is 4. The molecule has 0 spiro atoms. The molecule has 0 saturated carbocycles. The minimum absolute atomic E-state index is 0.0501. The fraction of sp³-hybridized carbons (Fsp3) is 0.111. The Hall–Kier alpha value is -3.49. The normalized spacial score (nSPS) is 11.4. The number of alkyl halides is 3. The summed E-state index contributed by atoms with van der Waals surface area (Å²) < 4.78 is 44.4. The van der Waals surface area contributed by atoms with Crippen molar-refractivity contribution in [2.24, 2.45) is 7.05 Å². The summed E-state index contributed by atoms with van der Waals surface area (Å²) >= 11 is 0. The van der Waals surface area contributed by atoms with Crippen LogP contribution in [0.5, 0.6) is 11.6 Å². The Morgan fingerprint density at radius 3 is 2.26 bits per heavy atom. The van der Waals surface area contributed by atoms with Gasteiger partial charge in [0.1, 0.15) is 5.75 Å². The van der Waals surface area contributed by atoms with E-state index in [9.17, 15) is 28.0 Å². The summed E-state index contributed by atoms with van der Waals surface area (Å²) in [6.45, 7) is 0. The van der Waals surface area contributed by atoms with E-state index < -0.39 is 23.0 Å². The van der Waals surface area contributed by atoms with Crippen molar-refractivity contribution in [2.75, 3.05) is 0 Å². The molecule has 0 aliphatic heterocycles. The summed E-state index contributed by atoms with van der Waals surface area (Å²) in [5.41, 5.74) is -1.56. The van der Waals surface area contributed by atoms with Crippen molar-refractivity contribution in [2.45, 2.75) is 6.18 Å². The van der Waals surface area contributed by atoms with Gasteiger partial charge in [0, 0.05) is 7.05 Å². The zero-order valence-electron chi connectivity index (χ0n) is 13.9. The van der Waals surface area contributed by atoms with E-state index in [1.807, 2.05) is 0 Å². The van der Waals surface area contributed by atoms with Crippen LogP contribution < -0.4 is 16.0 Å². The van der Waals surface area contributed by atoms with Gasteiger partial charge in [-0.3, -0.25) is 9.36 Å². The number of benzene rings is 2. The van der Waals surface area contributed by atoms with E-state index in [1.54, 1.807) is 24.3 Å². The summed E-state index contributed by atoms with van der Waals surface area (Å²) in [4.78, 5) is 23.2. The second-order valence-corrected chi connectivity index (χ2v) is 5.68. The van der Waals surface area contributed by atoms with Crippen molar-refractivity contribution in [3.63, 3.8) is 0 Å². The molecule has 3 aromatic rings. The molecule has 0 radical (unpaired) electrons. The first-order valence-electron chi connectivity index (χ1n) is 7.65. The van der Waals surface area contributed by atoms with Crippen molar-refractivity contribution < 1.29 is 23.1 Å². The third kappa shape index (κ3) is 3.71. The summed E-state index contributed by atoms with van der Waals surface area (Å²) in [5, 5.41) is 9.29. The molecule has 0 fully saturated rings. The van der Waals surface area contributed by atoms with Crippen LogP contribution >= 0.6 is 0 Å². The fourth-order valence-corrected chi connectivity index (χ4v) is 2.40. The first kappa shape index (κ1) is 18.3. The Bertz CT molecular complexity index is 1100. The number of hydrogen-bond donors (Lipinski definition) is 1. The van der Waals surface area contributed by atoms with Gasteiger partial charge in [-0.25, -0.2) is 4.79 Å². The maximum absolute atomic E-state index is 12.7. The van der Waals surface area contributed by atoms with Gasteiger partial charge in [-0.15, -0.1) is 0 Å². The van der Waals surface area contributed by atoms with E-state index >= 15 is 0 Å². The molecule has 1 N–H and O–H groups in total. The van der Waals surface area contributed by atoms with Crippen LogP contribution in [-0.2, 0) is 13.2 Å². The molecule has 6 nitrogen and oxygen atoms in total. The average Bonchev–Trinajstić information content (AvgIpc) is 2.64. The number of rotatable bonds is 3. The third-order valence-electron chi connectivity index (χ3n) is 3.86. The highest BCUT2D eigenvalue weighted by atomic mass is 19.4. The van der Waals surface area contributed by atoms with Crippen LogP contribution in [0.4, 0.5) is 13.2 Å². The molecular formula is C18H13F3N2O4. The summed E-state index contributed by atoms with van der Waals surface area (Å²) in [7, 11) is 1.31. The smallest absolute Gasteiger partial charge is 0.416 e. The van der Waals surface area contributed by atoms with Gasteiger partial charge in [-0.1, -0.05) is 29.0 Å². The molecule has 0 saturated heterocycles. The zero-order chi connectivity index (χ0) is 19.8. The number of aromatic nitrogens is 2. The maximum atomic E-state index is 12.7. The molecule has 0 amide bonds. The van der Waals surface area contributed by atoms with Crippen molar-refractivity contribution in [1.82, 2.24) is 9.30 Å². The Morgan fingerprint density at radius 2 is 1.63 bits per heavy atom. The third-order valence-corrected chi connectivity index (χ3v) is 3.86. The average molecular weight is 378 g/mol. The SMILES string of the molecule is Cn1c(Oc2cccc(-c3ccc(C(F)(F)F)cc3)c2)cc(=O)n(O)c1=O. The Labute approximate surface area is 150 Å². The highest BCUT2D eigenvalue weighted by Crippen LogP contribution is 2.32. The minimum atomic E-state index is -4.42. The largest absolute Gasteiger partial charge is 0.440 e. The summed E-state index contributed by atoms with van der Waals surface area (Å²) in [6, 6.07) is 12.0. The molecule has 0 aliphatic rings. The molecule has 27 heavy (non-hydrogen) atoms. The predicted molar refractivity (Wildman–Crippen MR) is 90.1 cm³/mol. The van der Waals surface area contributed by atoms with Crippen LogP contribution in [0.25, 0.3) is 11.1 Å². The van der Waals surface area contributed by atoms with E-state index in [1.165, 1.54) is 19.2 Å². The Balaban J connectivity index is 1.93. The lowest BCUT2D eigenvalue weighted by molar-refractivity contribution is -0.137. The molecule has 1 heterocycles. The summed E-state index contributed by atoms with van der Waals surface area (Å²) in [5.74, 6) is 0.164. The van der Waals surface area contributed by atoms with Crippen molar-refractivity contribution >= 4 is 0 Å². The lowest BCUT2D eigenvalue weighted by Crippen LogP contribution is -2.37. The standard InChI is InChI=1S/C18H13F3N2O4/c1-22-16(10-15(24)23(26)17(22)25)27-14-4-2-3-12(9-14)11-5-7-13(8-6-11)18(19,20)21/h2-10,26H,1H3. The van der Waals surface area contributed by atoms with E-state index in [0.29, 0.717) is 11.1 Å². The molecule has 1 aromatic heterocycles. The first-order valence-corrected chi connectivity index (χ1v) is 7.65. The maximum Gasteiger partial charge on any atom is 0.416 e. The quantitative estimate of drug-likeness (QED) is 0.710. The van der Waals surface area contributed by atoms with Gasteiger partial charge >= 0.3 is 11.9 Å².